The largest absolute Gasteiger partial charge is 0.462 e. The summed E-state index contributed by atoms with van der Waals surface area (Å²) in [6.45, 7) is 2.38. The number of aromatic nitrogens is 3. The Balaban J connectivity index is 1.29. The number of carbonyl (C=O) groups is 1. The highest BCUT2D eigenvalue weighted by atomic mass is 19.4. The van der Waals surface area contributed by atoms with Crippen LogP contribution in [0.5, 0.6) is 6.01 Å². The number of alkyl halides is 3. The minimum absolute atomic E-state index is 0.0564. The van der Waals surface area contributed by atoms with Gasteiger partial charge in [-0.1, -0.05) is 30.3 Å². The molecule has 0 spiro atoms. The third-order valence-electron chi connectivity index (χ3n) is 9.33. The predicted octanol–water partition coefficient (Wildman–Crippen LogP) is 5.20. The Bertz CT molecular complexity index is 1670. The number of piperazine rings is 1. The second kappa shape index (κ2) is 14.8. The third kappa shape index (κ3) is 7.80. The smallest absolute Gasteiger partial charge is 0.422 e. The maximum atomic E-state index is 14.6. The fourth-order valence-corrected chi connectivity index (χ4v) is 6.76. The fraction of sp³-hybridized carbons (Fsp3) is 0.500. The molecule has 2 fully saturated rings. The number of nitrogens with zero attached hydrogens (tertiary/aromatic N) is 8. The molecule has 3 aromatic rings. The lowest BCUT2D eigenvalue weighted by Gasteiger charge is -2.41. The second-order valence-corrected chi connectivity index (χ2v) is 12.6. The first-order chi connectivity index (χ1) is 23.6. The van der Waals surface area contributed by atoms with Crippen LogP contribution in [0, 0.1) is 17.1 Å². The van der Waals surface area contributed by atoms with Gasteiger partial charge >= 0.3 is 18.3 Å². The Labute approximate surface area is 282 Å². The van der Waals surface area contributed by atoms with Crippen molar-refractivity contribution in [3.8, 4) is 12.1 Å². The van der Waals surface area contributed by atoms with E-state index in [2.05, 4.69) is 16.0 Å². The van der Waals surface area contributed by atoms with Gasteiger partial charge in [-0.2, -0.15) is 28.4 Å². The SMILES string of the molecule is CN1CCC[C@H]1COc1nc2c(c(N3CCN(C(=O)OCc4ccccc4)[C@@H](CC#N)C3)n1)CCCN(c1nccc(F)c1C(F)(F)F)C2. The van der Waals surface area contributed by atoms with Gasteiger partial charge in [0.2, 0.25) is 0 Å². The van der Waals surface area contributed by atoms with Gasteiger partial charge in [0.1, 0.15) is 36.2 Å². The van der Waals surface area contributed by atoms with Crippen molar-refractivity contribution in [2.75, 3.05) is 56.2 Å². The Morgan fingerprint density at radius 2 is 1.84 bits per heavy atom. The number of benzene rings is 1. The minimum atomic E-state index is -4.95. The predicted molar refractivity (Wildman–Crippen MR) is 171 cm³/mol. The van der Waals surface area contributed by atoms with E-state index in [0.717, 1.165) is 36.7 Å². The van der Waals surface area contributed by atoms with Crippen molar-refractivity contribution in [2.45, 2.75) is 63.5 Å². The molecule has 260 valence electrons. The molecule has 3 aliphatic heterocycles. The number of hydrogen-bond donors (Lipinski definition) is 0. The number of likely N-dealkylation sites (N-methyl/N-ethyl adjacent to an activating group) is 1. The number of pyridine rings is 1. The number of likely N-dealkylation sites (tertiary alicyclic amines) is 1. The summed E-state index contributed by atoms with van der Waals surface area (Å²) in [4.78, 5) is 33.8. The van der Waals surface area contributed by atoms with E-state index < -0.39 is 35.5 Å². The quantitative estimate of drug-likeness (QED) is 0.294. The van der Waals surface area contributed by atoms with Crippen LogP contribution in [-0.2, 0) is 30.5 Å². The molecule has 5 heterocycles. The molecule has 0 aliphatic carbocycles. The molecule has 0 unspecified atom stereocenters. The average Bonchev–Trinajstić information content (AvgIpc) is 3.37. The van der Waals surface area contributed by atoms with E-state index >= 15 is 0 Å². The van der Waals surface area contributed by atoms with Gasteiger partial charge in [-0.05, 0) is 50.9 Å². The number of carbonyl (C=O) groups excluding carboxylic acids is 1. The fourth-order valence-electron chi connectivity index (χ4n) is 6.76. The molecular weight excluding hydrogens is 644 g/mol. The maximum absolute atomic E-state index is 14.6. The first-order valence-corrected chi connectivity index (χ1v) is 16.4. The van der Waals surface area contributed by atoms with Crippen molar-refractivity contribution < 1.29 is 31.8 Å². The zero-order valence-electron chi connectivity index (χ0n) is 27.2. The molecule has 2 atom stereocenters. The van der Waals surface area contributed by atoms with Gasteiger partial charge in [0.25, 0.3) is 0 Å². The van der Waals surface area contributed by atoms with Gasteiger partial charge < -0.3 is 29.1 Å². The number of ether oxygens (including phenoxy) is 2. The molecule has 3 aliphatic rings. The summed E-state index contributed by atoms with van der Waals surface area (Å²) in [6, 6.07) is 11.9. The first kappa shape index (κ1) is 34.2. The molecule has 1 aromatic carbocycles. The number of anilines is 2. The number of nitriles is 1. The van der Waals surface area contributed by atoms with Gasteiger partial charge in [-0.15, -0.1) is 0 Å². The van der Waals surface area contributed by atoms with Gasteiger partial charge in [-0.3, -0.25) is 0 Å². The minimum Gasteiger partial charge on any atom is -0.462 e. The first-order valence-electron chi connectivity index (χ1n) is 16.4. The van der Waals surface area contributed by atoms with E-state index in [0.29, 0.717) is 43.6 Å². The number of halogens is 4. The van der Waals surface area contributed by atoms with Gasteiger partial charge in [0.15, 0.2) is 0 Å². The molecular formula is C34H38F4N8O3. The molecule has 15 heteroatoms. The van der Waals surface area contributed by atoms with E-state index in [1.165, 1.54) is 4.90 Å². The average molecular weight is 683 g/mol. The van der Waals surface area contributed by atoms with Crippen LogP contribution in [0.3, 0.4) is 0 Å². The summed E-state index contributed by atoms with van der Waals surface area (Å²) >= 11 is 0. The van der Waals surface area contributed by atoms with Crippen molar-refractivity contribution in [3.05, 3.63) is 70.8 Å². The molecule has 1 amide bonds. The summed E-state index contributed by atoms with van der Waals surface area (Å²) in [5, 5.41) is 9.67. The molecule has 2 aromatic heterocycles. The maximum Gasteiger partial charge on any atom is 0.422 e. The molecule has 2 saturated heterocycles. The lowest BCUT2D eigenvalue weighted by atomic mass is 10.1. The molecule has 0 saturated carbocycles. The molecule has 6 rings (SSSR count). The summed E-state index contributed by atoms with van der Waals surface area (Å²) < 4.78 is 68.3. The zero-order chi connectivity index (χ0) is 34.5. The van der Waals surface area contributed by atoms with Crippen molar-refractivity contribution in [1.29, 1.82) is 5.26 Å². The molecule has 0 bridgehead atoms. The van der Waals surface area contributed by atoms with E-state index in [4.69, 9.17) is 19.4 Å². The lowest BCUT2D eigenvalue weighted by molar-refractivity contribution is -0.139. The standard InChI is InChI=1S/C34H38F4N8O3/c1-43-15-5-9-25(43)22-48-32-41-28-20-44(31-29(34(36,37)38)27(35)12-14-40-31)16-6-10-26(28)30(42-32)45-17-18-46(24(19-45)11-13-39)33(47)49-21-23-7-3-2-4-8-23/h2-4,7-8,12,14,24-25H,5-6,9-11,15-22H2,1H3/t24-,25-/m0/s1. The van der Waals surface area contributed by atoms with E-state index in [1.54, 1.807) is 4.90 Å². The van der Waals surface area contributed by atoms with Crippen LogP contribution in [-0.4, -0.2) is 89.3 Å². The van der Waals surface area contributed by atoms with Crippen LogP contribution in [0.4, 0.5) is 34.0 Å². The van der Waals surface area contributed by atoms with Crippen LogP contribution in [0.2, 0.25) is 0 Å². The van der Waals surface area contributed by atoms with Crippen molar-refractivity contribution >= 4 is 17.7 Å². The van der Waals surface area contributed by atoms with Crippen LogP contribution < -0.4 is 14.5 Å². The summed E-state index contributed by atoms with van der Waals surface area (Å²) in [7, 11) is 2.02. The third-order valence-corrected chi connectivity index (χ3v) is 9.33. The lowest BCUT2D eigenvalue weighted by Crippen LogP contribution is -2.55. The van der Waals surface area contributed by atoms with Crippen LogP contribution >= 0.6 is 0 Å². The number of fused-ring (bicyclic) bond motifs is 1. The molecule has 0 N–H and O–H groups in total. The topological polar surface area (TPSA) is 111 Å². The highest BCUT2D eigenvalue weighted by Crippen LogP contribution is 2.39. The van der Waals surface area contributed by atoms with Crippen LogP contribution in [0.25, 0.3) is 0 Å². The number of hydrogen-bond acceptors (Lipinski definition) is 10. The Morgan fingerprint density at radius 1 is 1.02 bits per heavy atom. The van der Waals surface area contributed by atoms with Crippen LogP contribution in [0.15, 0.2) is 42.6 Å². The molecule has 0 radical (unpaired) electrons. The number of rotatable bonds is 8. The Morgan fingerprint density at radius 3 is 2.57 bits per heavy atom. The highest BCUT2D eigenvalue weighted by molar-refractivity contribution is 5.69. The second-order valence-electron chi connectivity index (χ2n) is 12.6. The normalized spacial score (nSPS) is 20.0. The zero-order valence-corrected chi connectivity index (χ0v) is 27.2. The van der Waals surface area contributed by atoms with E-state index in [-0.39, 0.29) is 51.3 Å². The summed E-state index contributed by atoms with van der Waals surface area (Å²) in [6.07, 6.45) is -1.52. The van der Waals surface area contributed by atoms with Gasteiger partial charge in [-0.25, -0.2) is 14.2 Å². The summed E-state index contributed by atoms with van der Waals surface area (Å²) in [5.74, 6) is -1.34. The van der Waals surface area contributed by atoms with Crippen molar-refractivity contribution in [3.63, 3.8) is 0 Å². The van der Waals surface area contributed by atoms with Crippen molar-refractivity contribution in [2.24, 2.45) is 0 Å². The van der Waals surface area contributed by atoms with Crippen molar-refractivity contribution in [1.82, 2.24) is 24.8 Å². The molecule has 49 heavy (non-hydrogen) atoms. The Hall–Kier alpha value is -4.71. The van der Waals surface area contributed by atoms with E-state index in [9.17, 15) is 27.6 Å². The van der Waals surface area contributed by atoms with E-state index in [1.807, 2.05) is 42.3 Å². The molecule has 11 nitrogen and oxygen atoms in total. The number of amides is 1. The van der Waals surface area contributed by atoms with Gasteiger partial charge in [0, 0.05) is 44.0 Å². The van der Waals surface area contributed by atoms with Gasteiger partial charge in [0.05, 0.1) is 30.8 Å². The van der Waals surface area contributed by atoms with Crippen LogP contribution in [0.1, 0.15) is 48.1 Å². The highest BCUT2D eigenvalue weighted by Gasteiger charge is 2.40. The monoisotopic (exact) mass is 682 g/mol. The summed E-state index contributed by atoms with van der Waals surface area (Å²) in [5.41, 5.74) is 0.617. The Kier molecular flexibility index (Phi) is 10.3.